The number of ether oxygens (including phenoxy) is 7. The van der Waals surface area contributed by atoms with Crippen LogP contribution in [0.15, 0.2) is 0 Å². The summed E-state index contributed by atoms with van der Waals surface area (Å²) in [6, 6.07) is 0. The van der Waals surface area contributed by atoms with Crippen LogP contribution in [0, 0.1) is 57.7 Å². The summed E-state index contributed by atoms with van der Waals surface area (Å²) in [7, 11) is 0. The van der Waals surface area contributed by atoms with Crippen LogP contribution in [0.1, 0.15) is 140 Å². The average Bonchev–Trinajstić information content (AvgIpc) is 3.98. The van der Waals surface area contributed by atoms with Crippen LogP contribution in [0.3, 0.4) is 0 Å². The van der Waals surface area contributed by atoms with Gasteiger partial charge in [-0.15, -0.1) is 0 Å². The Kier molecular flexibility index (Phi) is 12.6. The number of rotatable bonds is 12. The van der Waals surface area contributed by atoms with Gasteiger partial charge < -0.3 is 33.2 Å². The van der Waals surface area contributed by atoms with Gasteiger partial charge in [0.2, 0.25) is 0 Å². The van der Waals surface area contributed by atoms with Crippen molar-refractivity contribution in [3.63, 3.8) is 0 Å². The van der Waals surface area contributed by atoms with Gasteiger partial charge in [-0.1, -0.05) is 20.8 Å². The van der Waals surface area contributed by atoms with Crippen LogP contribution in [0.2, 0.25) is 0 Å². The van der Waals surface area contributed by atoms with E-state index in [9.17, 15) is 33.6 Å². The minimum absolute atomic E-state index is 0.0113. The van der Waals surface area contributed by atoms with Crippen LogP contribution >= 0.6 is 0 Å². The van der Waals surface area contributed by atoms with Crippen LogP contribution < -0.4 is 0 Å². The lowest BCUT2D eigenvalue weighted by atomic mass is 9.74. The Morgan fingerprint density at radius 2 is 1.19 bits per heavy atom. The fraction of sp³-hybridized carbons (Fsp3) is 0.844. The molecule has 14 nitrogen and oxygen atoms in total. The summed E-state index contributed by atoms with van der Waals surface area (Å²) in [6.45, 7) is 18.9. The van der Waals surface area contributed by atoms with Crippen molar-refractivity contribution in [2.24, 2.45) is 57.7 Å². The van der Waals surface area contributed by atoms with E-state index in [2.05, 4.69) is 0 Å². The van der Waals surface area contributed by atoms with Crippen LogP contribution in [0.4, 0.5) is 0 Å². The van der Waals surface area contributed by atoms with E-state index < -0.39 is 27.8 Å². The summed E-state index contributed by atoms with van der Waals surface area (Å²) in [5, 5.41) is 0. The Bertz CT molecular complexity index is 1650. The molecule has 0 N–H and O–H groups in total. The van der Waals surface area contributed by atoms with Crippen molar-refractivity contribution in [3.8, 4) is 0 Å². The third-order valence-corrected chi connectivity index (χ3v) is 15.3. The predicted octanol–water partition coefficient (Wildman–Crippen LogP) is 6.21. The normalized spacial score (nSPS) is 36.7. The second-order valence-electron chi connectivity index (χ2n) is 20.3. The third-order valence-electron chi connectivity index (χ3n) is 15.3. The standard InChI is InChI=1S/C17H24O6.C14H20O4.C14H22O4/c1-4-17(2,3)16(20)21-6-5-12(18)22-13-9-7-10-11(8-9)15(19)23-14(10)13;1-4-14(2,3)13(16)18-11-8-5-7-6-9(8)12(15)17-10(7)11;1-5-13(2,3)12(16)17-10-8-9-6-7-14(10,4)18-11(9)15/h9-11,13-14H,4-8H2,1-3H3;7-11H,4-6H2,1-3H3;9-10H,5-8H2,1-4H3. The molecule has 0 amide bonds. The molecule has 330 valence electrons. The topological polar surface area (TPSA) is 184 Å². The van der Waals surface area contributed by atoms with Crippen molar-refractivity contribution in [1.82, 2.24) is 0 Å². The van der Waals surface area contributed by atoms with E-state index in [4.69, 9.17) is 33.2 Å². The van der Waals surface area contributed by atoms with E-state index in [0.717, 1.165) is 51.4 Å². The lowest BCUT2D eigenvalue weighted by Crippen LogP contribution is -2.57. The Morgan fingerprint density at radius 3 is 1.76 bits per heavy atom. The van der Waals surface area contributed by atoms with Crippen molar-refractivity contribution in [2.45, 2.75) is 176 Å². The molecular weight excluding hydrogens is 764 g/mol. The highest BCUT2D eigenvalue weighted by Crippen LogP contribution is 2.56. The van der Waals surface area contributed by atoms with Crippen molar-refractivity contribution in [1.29, 1.82) is 0 Å². The molecule has 5 saturated heterocycles. The second kappa shape index (κ2) is 16.6. The van der Waals surface area contributed by atoms with Gasteiger partial charge in [0.05, 0.1) is 40.4 Å². The largest absolute Gasteiger partial charge is 0.465 e. The maximum atomic E-state index is 12.1. The fourth-order valence-electron chi connectivity index (χ4n) is 9.83. The lowest BCUT2D eigenvalue weighted by molar-refractivity contribution is -0.221. The van der Waals surface area contributed by atoms with Gasteiger partial charge in [0.1, 0.15) is 42.7 Å². The molecule has 8 bridgehead atoms. The highest BCUT2D eigenvalue weighted by Gasteiger charge is 2.64. The monoisotopic (exact) mass is 830 g/mol. The van der Waals surface area contributed by atoms with Crippen LogP contribution in [0.5, 0.6) is 0 Å². The van der Waals surface area contributed by atoms with Gasteiger partial charge >= 0.3 is 41.8 Å². The molecule has 0 spiro atoms. The van der Waals surface area contributed by atoms with Gasteiger partial charge in [-0.05, 0) is 106 Å². The van der Waals surface area contributed by atoms with Crippen molar-refractivity contribution >= 4 is 41.8 Å². The van der Waals surface area contributed by atoms with Gasteiger partial charge in [0.15, 0.2) is 0 Å². The molecule has 5 aliphatic carbocycles. The van der Waals surface area contributed by atoms with E-state index in [1.165, 1.54) is 0 Å². The second-order valence-corrected chi connectivity index (χ2v) is 20.3. The molecule has 13 unspecified atom stereocenters. The van der Waals surface area contributed by atoms with E-state index in [-0.39, 0.29) is 115 Å². The molecule has 5 saturated carbocycles. The lowest BCUT2D eigenvalue weighted by Gasteiger charge is -2.48. The molecule has 59 heavy (non-hydrogen) atoms. The molecule has 10 aliphatic rings. The summed E-state index contributed by atoms with van der Waals surface area (Å²) in [4.78, 5) is 82.9. The number of fused-ring (bicyclic) bond motifs is 5. The van der Waals surface area contributed by atoms with Crippen molar-refractivity contribution in [3.05, 3.63) is 0 Å². The number of carbonyl (C=O) groups excluding carboxylic acids is 7. The van der Waals surface area contributed by atoms with E-state index in [0.29, 0.717) is 18.8 Å². The predicted molar refractivity (Wildman–Crippen MR) is 208 cm³/mol. The molecule has 0 radical (unpaired) electrons. The van der Waals surface area contributed by atoms with Crippen molar-refractivity contribution in [2.75, 3.05) is 6.61 Å². The van der Waals surface area contributed by atoms with Gasteiger partial charge in [0.25, 0.3) is 0 Å². The summed E-state index contributed by atoms with van der Waals surface area (Å²) >= 11 is 0. The molecule has 14 heteroatoms. The van der Waals surface area contributed by atoms with Gasteiger partial charge in [-0.2, -0.15) is 0 Å². The first kappa shape index (κ1) is 44.8. The summed E-state index contributed by atoms with van der Waals surface area (Å²) in [5.74, 6) is -0.454. The molecule has 10 fully saturated rings. The Hall–Kier alpha value is -3.71. The first-order chi connectivity index (χ1) is 27.5. The minimum Gasteiger partial charge on any atom is -0.465 e. The smallest absolute Gasteiger partial charge is 0.311 e. The highest BCUT2D eigenvalue weighted by molar-refractivity contribution is 5.80. The fourth-order valence-corrected chi connectivity index (χ4v) is 9.83. The van der Waals surface area contributed by atoms with E-state index in [1.54, 1.807) is 0 Å². The number of hydrogen-bond acceptors (Lipinski definition) is 14. The van der Waals surface area contributed by atoms with Gasteiger partial charge in [-0.25, -0.2) is 0 Å². The average molecular weight is 831 g/mol. The van der Waals surface area contributed by atoms with E-state index >= 15 is 0 Å². The zero-order chi connectivity index (χ0) is 43.4. The molecular formula is C45H66O14. The van der Waals surface area contributed by atoms with Crippen LogP contribution in [-0.2, 0) is 66.7 Å². The maximum absolute atomic E-state index is 12.1. The highest BCUT2D eigenvalue weighted by atomic mass is 16.6. The quantitative estimate of drug-likeness (QED) is 0.160. The minimum atomic E-state index is -0.620. The van der Waals surface area contributed by atoms with E-state index in [1.807, 2.05) is 69.2 Å². The Labute approximate surface area is 348 Å². The van der Waals surface area contributed by atoms with Gasteiger partial charge in [-0.3, -0.25) is 33.6 Å². The summed E-state index contributed by atoms with van der Waals surface area (Å²) < 4.78 is 38.1. The molecule has 0 aromatic rings. The summed E-state index contributed by atoms with van der Waals surface area (Å²) in [5.41, 5.74) is -2.09. The number of esters is 7. The van der Waals surface area contributed by atoms with Crippen molar-refractivity contribution < 1.29 is 66.7 Å². The first-order valence-electron chi connectivity index (χ1n) is 22.0. The number of hydrogen-bond donors (Lipinski definition) is 0. The number of carbonyl (C=O) groups is 7. The Balaban J connectivity index is 0.000000150. The van der Waals surface area contributed by atoms with Gasteiger partial charge in [0, 0.05) is 30.1 Å². The molecule has 0 aromatic heterocycles. The first-order valence-corrected chi connectivity index (χ1v) is 22.0. The molecule has 5 heterocycles. The SMILES string of the molecule is CCC(C)(C)C(=O)OC1C2CC3CC2C(=O)OC31.CCC(C)(C)C(=O)OC1CC2CCC1(C)OC2=O.CCC(C)(C)C(=O)OCCC(=O)OC1C2CC3C(=O)OC1C3C2. The zero-order valence-electron chi connectivity index (χ0n) is 36.6. The Morgan fingerprint density at radius 1 is 0.644 bits per heavy atom. The van der Waals surface area contributed by atoms with Crippen LogP contribution in [-0.4, -0.2) is 84.5 Å². The zero-order valence-corrected chi connectivity index (χ0v) is 36.6. The van der Waals surface area contributed by atoms with Crippen LogP contribution in [0.25, 0.3) is 0 Å². The molecule has 10 rings (SSSR count). The third kappa shape index (κ3) is 8.74. The molecule has 0 aromatic carbocycles. The summed E-state index contributed by atoms with van der Waals surface area (Å²) in [6.07, 6.45) is 6.77. The molecule has 5 aliphatic heterocycles. The maximum Gasteiger partial charge on any atom is 0.311 e. The molecule has 13 atom stereocenters.